The highest BCUT2D eigenvalue weighted by atomic mass is 32.1. The molecule has 1 atom stereocenters. The molecule has 110 valence electrons. The van der Waals surface area contributed by atoms with Crippen LogP contribution in [0.2, 0.25) is 0 Å². The normalized spacial score (nSPS) is 18.1. The van der Waals surface area contributed by atoms with Crippen LogP contribution >= 0.6 is 11.3 Å². The van der Waals surface area contributed by atoms with E-state index >= 15 is 0 Å². The summed E-state index contributed by atoms with van der Waals surface area (Å²) >= 11 is 1.56. The first-order valence-corrected chi connectivity index (χ1v) is 7.41. The van der Waals surface area contributed by atoms with Crippen LogP contribution in [0.25, 0.3) is 0 Å². The summed E-state index contributed by atoms with van der Waals surface area (Å²) < 4.78 is 9.94. The zero-order valence-corrected chi connectivity index (χ0v) is 12.4. The maximum Gasteiger partial charge on any atom is 0.410 e. The number of thiazole rings is 1. The molecule has 0 saturated carbocycles. The molecule has 0 aromatic carbocycles. The molecule has 1 saturated heterocycles. The highest BCUT2D eigenvalue weighted by Gasteiger charge is 2.35. The minimum Gasteiger partial charge on any atom is -0.464 e. The summed E-state index contributed by atoms with van der Waals surface area (Å²) in [6.07, 6.45) is 1.62. The Hall–Kier alpha value is -1.63. The van der Waals surface area contributed by atoms with Crippen LogP contribution in [0, 0.1) is 6.92 Å². The monoisotopic (exact) mass is 298 g/mol. The summed E-state index contributed by atoms with van der Waals surface area (Å²) in [5.74, 6) is -0.352. The topological polar surface area (TPSA) is 68.7 Å². The molecule has 1 amide bonds. The minimum atomic E-state index is -0.509. The van der Waals surface area contributed by atoms with Crippen molar-refractivity contribution in [1.29, 1.82) is 0 Å². The zero-order chi connectivity index (χ0) is 14.5. The second-order valence-corrected chi connectivity index (χ2v) is 5.54. The van der Waals surface area contributed by atoms with E-state index in [2.05, 4.69) is 9.72 Å². The molecule has 0 spiro atoms. The number of esters is 1. The van der Waals surface area contributed by atoms with Crippen LogP contribution in [0.3, 0.4) is 0 Å². The van der Waals surface area contributed by atoms with Crippen LogP contribution in [0.4, 0.5) is 4.79 Å². The van der Waals surface area contributed by atoms with Crippen LogP contribution in [-0.4, -0.2) is 48.2 Å². The van der Waals surface area contributed by atoms with Crippen molar-refractivity contribution >= 4 is 23.4 Å². The van der Waals surface area contributed by atoms with Gasteiger partial charge in [0, 0.05) is 17.8 Å². The Kier molecular flexibility index (Phi) is 4.94. The lowest BCUT2D eigenvalue weighted by molar-refractivity contribution is -0.148. The van der Waals surface area contributed by atoms with Crippen molar-refractivity contribution in [2.24, 2.45) is 0 Å². The number of hydrogen-bond donors (Lipinski definition) is 0. The number of nitrogens with zero attached hydrogens (tertiary/aromatic N) is 2. The lowest BCUT2D eigenvalue weighted by Gasteiger charge is -2.21. The number of hydrogen-bond acceptors (Lipinski definition) is 6. The number of likely N-dealkylation sites (tertiary alicyclic amines) is 1. The number of aryl methyl sites for hydroxylation is 1. The Bertz CT molecular complexity index is 488. The molecule has 20 heavy (non-hydrogen) atoms. The van der Waals surface area contributed by atoms with Gasteiger partial charge < -0.3 is 9.47 Å². The molecule has 1 aliphatic heterocycles. The standard InChI is InChI=1S/C13H18N2O4S/c1-9-11(20-8-14-9)5-7-19-12(16)10-4-3-6-15(10)13(17)18-2/h8,10H,3-7H2,1-2H3/t10-/m1/s1. The van der Waals surface area contributed by atoms with E-state index in [1.54, 1.807) is 16.8 Å². The number of ether oxygens (including phenoxy) is 2. The number of aromatic nitrogens is 1. The summed E-state index contributed by atoms with van der Waals surface area (Å²) in [6.45, 7) is 2.79. The Morgan fingerprint density at radius 2 is 2.35 bits per heavy atom. The molecule has 6 nitrogen and oxygen atoms in total. The summed E-state index contributed by atoms with van der Waals surface area (Å²) in [6, 6.07) is -0.509. The second kappa shape index (κ2) is 6.69. The molecule has 2 heterocycles. The summed E-state index contributed by atoms with van der Waals surface area (Å²) in [5.41, 5.74) is 2.76. The molecular formula is C13H18N2O4S. The maximum absolute atomic E-state index is 12.0. The van der Waals surface area contributed by atoms with E-state index < -0.39 is 12.1 Å². The zero-order valence-electron chi connectivity index (χ0n) is 11.6. The smallest absolute Gasteiger partial charge is 0.410 e. The van der Waals surface area contributed by atoms with Gasteiger partial charge in [0.1, 0.15) is 6.04 Å². The van der Waals surface area contributed by atoms with E-state index in [9.17, 15) is 9.59 Å². The number of methoxy groups -OCH3 is 1. The van der Waals surface area contributed by atoms with Gasteiger partial charge in [-0.15, -0.1) is 11.3 Å². The van der Waals surface area contributed by atoms with Gasteiger partial charge in [0.2, 0.25) is 0 Å². The predicted octanol–water partition coefficient (Wildman–Crippen LogP) is 1.77. The molecule has 2 rings (SSSR count). The number of carbonyl (C=O) groups is 2. The molecule has 0 bridgehead atoms. The van der Waals surface area contributed by atoms with Gasteiger partial charge in [0.05, 0.1) is 24.9 Å². The summed E-state index contributed by atoms with van der Waals surface area (Å²) in [5, 5.41) is 0. The van der Waals surface area contributed by atoms with Crippen molar-refractivity contribution in [2.45, 2.75) is 32.2 Å². The molecule has 0 radical (unpaired) electrons. The molecule has 1 aliphatic rings. The van der Waals surface area contributed by atoms with E-state index in [4.69, 9.17) is 4.74 Å². The third kappa shape index (κ3) is 3.27. The first-order chi connectivity index (χ1) is 9.63. The number of rotatable bonds is 4. The van der Waals surface area contributed by atoms with Gasteiger partial charge in [-0.05, 0) is 19.8 Å². The molecule has 1 fully saturated rings. The van der Waals surface area contributed by atoms with Crippen molar-refractivity contribution in [2.75, 3.05) is 20.3 Å². The average molecular weight is 298 g/mol. The number of amides is 1. The molecule has 0 N–H and O–H groups in total. The predicted molar refractivity (Wildman–Crippen MR) is 73.6 cm³/mol. The van der Waals surface area contributed by atoms with Gasteiger partial charge in [-0.2, -0.15) is 0 Å². The Morgan fingerprint density at radius 1 is 1.55 bits per heavy atom. The molecular weight excluding hydrogens is 280 g/mol. The van der Waals surface area contributed by atoms with Crippen molar-refractivity contribution < 1.29 is 19.1 Å². The first kappa shape index (κ1) is 14.8. The van der Waals surface area contributed by atoms with Gasteiger partial charge in [0.25, 0.3) is 0 Å². The maximum atomic E-state index is 12.0. The molecule has 7 heteroatoms. The lowest BCUT2D eigenvalue weighted by atomic mass is 10.2. The van der Waals surface area contributed by atoms with Crippen molar-refractivity contribution in [1.82, 2.24) is 9.88 Å². The SMILES string of the molecule is COC(=O)N1CCC[C@@H]1C(=O)OCCc1scnc1C. The third-order valence-corrected chi connectivity index (χ3v) is 4.35. The minimum absolute atomic E-state index is 0.313. The van der Waals surface area contributed by atoms with Gasteiger partial charge in [0.15, 0.2) is 0 Å². The van der Waals surface area contributed by atoms with Crippen LogP contribution in [0.5, 0.6) is 0 Å². The number of carbonyl (C=O) groups excluding carboxylic acids is 2. The largest absolute Gasteiger partial charge is 0.464 e. The van der Waals surface area contributed by atoms with Crippen molar-refractivity contribution in [3.05, 3.63) is 16.1 Å². The summed E-state index contributed by atoms with van der Waals surface area (Å²) in [4.78, 5) is 30.2. The third-order valence-electron chi connectivity index (χ3n) is 3.35. The van der Waals surface area contributed by atoms with E-state index in [0.717, 1.165) is 17.0 Å². The molecule has 1 aromatic heterocycles. The van der Waals surface area contributed by atoms with E-state index in [1.165, 1.54) is 12.0 Å². The fourth-order valence-electron chi connectivity index (χ4n) is 2.25. The highest BCUT2D eigenvalue weighted by Crippen LogP contribution is 2.20. The Balaban J connectivity index is 1.82. The first-order valence-electron chi connectivity index (χ1n) is 6.53. The molecule has 0 aliphatic carbocycles. The van der Waals surface area contributed by atoms with Crippen LogP contribution in [0.1, 0.15) is 23.4 Å². The van der Waals surface area contributed by atoms with Gasteiger partial charge in [-0.3, -0.25) is 4.90 Å². The van der Waals surface area contributed by atoms with Gasteiger partial charge in [-0.1, -0.05) is 0 Å². The van der Waals surface area contributed by atoms with E-state index in [-0.39, 0.29) is 5.97 Å². The quantitative estimate of drug-likeness (QED) is 0.792. The van der Waals surface area contributed by atoms with Gasteiger partial charge in [-0.25, -0.2) is 14.6 Å². The van der Waals surface area contributed by atoms with Gasteiger partial charge >= 0.3 is 12.1 Å². The fourth-order valence-corrected chi connectivity index (χ4v) is 3.02. The lowest BCUT2D eigenvalue weighted by Crippen LogP contribution is -2.41. The van der Waals surface area contributed by atoms with E-state index in [1.807, 2.05) is 6.92 Å². The Labute approximate surface area is 121 Å². The summed E-state index contributed by atoms with van der Waals surface area (Å²) in [7, 11) is 1.32. The highest BCUT2D eigenvalue weighted by molar-refractivity contribution is 7.09. The molecule has 0 unspecified atom stereocenters. The second-order valence-electron chi connectivity index (χ2n) is 4.60. The van der Waals surface area contributed by atoms with Crippen molar-refractivity contribution in [3.8, 4) is 0 Å². The molecule has 1 aromatic rings. The van der Waals surface area contributed by atoms with Crippen molar-refractivity contribution in [3.63, 3.8) is 0 Å². The van der Waals surface area contributed by atoms with Crippen LogP contribution in [0.15, 0.2) is 5.51 Å². The van der Waals surface area contributed by atoms with E-state index in [0.29, 0.717) is 26.0 Å². The fraction of sp³-hybridized carbons (Fsp3) is 0.615. The Morgan fingerprint density at radius 3 is 3.00 bits per heavy atom. The average Bonchev–Trinajstić information content (AvgIpc) is 3.07. The van der Waals surface area contributed by atoms with Crippen LogP contribution < -0.4 is 0 Å². The van der Waals surface area contributed by atoms with Crippen LogP contribution in [-0.2, 0) is 20.7 Å².